The van der Waals surface area contributed by atoms with E-state index in [1.165, 1.54) is 12.3 Å². The van der Waals surface area contributed by atoms with Gasteiger partial charge in [-0.1, -0.05) is 6.07 Å². The molecule has 1 aromatic heterocycles. The minimum Gasteiger partial charge on any atom is -0.493 e. The summed E-state index contributed by atoms with van der Waals surface area (Å²) in [6.07, 6.45) is -3.14. The Bertz CT molecular complexity index is 834. The Labute approximate surface area is 190 Å². The van der Waals surface area contributed by atoms with Crippen molar-refractivity contribution in [2.75, 3.05) is 39.7 Å². The van der Waals surface area contributed by atoms with Crippen LogP contribution in [-0.4, -0.2) is 45.3 Å². The number of rotatable bonds is 8. The molecule has 0 unspecified atom stereocenters. The Kier molecular flexibility index (Phi) is 10.5. The van der Waals surface area contributed by atoms with Gasteiger partial charge in [0.1, 0.15) is 5.82 Å². The van der Waals surface area contributed by atoms with Gasteiger partial charge in [0.15, 0.2) is 17.5 Å². The van der Waals surface area contributed by atoms with E-state index in [-0.39, 0.29) is 36.3 Å². The van der Waals surface area contributed by atoms with Crippen molar-refractivity contribution in [1.82, 2.24) is 15.6 Å². The van der Waals surface area contributed by atoms with Gasteiger partial charge in [-0.2, -0.15) is 13.2 Å². The minimum absolute atomic E-state index is 0. The van der Waals surface area contributed by atoms with E-state index in [0.29, 0.717) is 30.5 Å². The molecule has 0 amide bonds. The third kappa shape index (κ3) is 7.43. The molecule has 0 saturated heterocycles. The lowest BCUT2D eigenvalue weighted by atomic mass is 10.2. The van der Waals surface area contributed by atoms with Gasteiger partial charge in [0.25, 0.3) is 0 Å². The van der Waals surface area contributed by atoms with Crippen molar-refractivity contribution in [3.63, 3.8) is 0 Å². The summed E-state index contributed by atoms with van der Waals surface area (Å²) >= 11 is 0. The quantitative estimate of drug-likeness (QED) is 0.206. The van der Waals surface area contributed by atoms with E-state index in [1.807, 2.05) is 12.1 Å². The molecule has 11 heteroatoms. The zero-order chi connectivity index (χ0) is 21.3. The summed E-state index contributed by atoms with van der Waals surface area (Å²) < 4.78 is 49.4. The Hall–Kier alpha value is -2.44. The number of anilines is 1. The van der Waals surface area contributed by atoms with Gasteiger partial charge in [-0.25, -0.2) is 4.98 Å². The smallest absolute Gasteiger partial charge is 0.419 e. The lowest BCUT2D eigenvalue weighted by Gasteiger charge is -2.15. The van der Waals surface area contributed by atoms with Crippen molar-refractivity contribution in [3.8, 4) is 11.5 Å². The molecule has 0 aliphatic rings. The molecular formula is C19H25F3IN5O2. The first-order valence-electron chi connectivity index (χ1n) is 8.80. The first-order valence-corrected chi connectivity index (χ1v) is 8.80. The van der Waals surface area contributed by atoms with E-state index in [1.54, 1.807) is 27.3 Å². The van der Waals surface area contributed by atoms with Crippen LogP contribution in [0.1, 0.15) is 11.1 Å². The number of benzene rings is 1. The van der Waals surface area contributed by atoms with E-state index < -0.39 is 11.7 Å². The third-order valence-electron chi connectivity index (χ3n) is 3.95. The van der Waals surface area contributed by atoms with Crippen LogP contribution >= 0.6 is 24.0 Å². The molecule has 2 aromatic rings. The van der Waals surface area contributed by atoms with Gasteiger partial charge >= 0.3 is 6.18 Å². The molecule has 0 aliphatic heterocycles. The average molecular weight is 539 g/mol. The van der Waals surface area contributed by atoms with Gasteiger partial charge in [-0.3, -0.25) is 4.99 Å². The standard InChI is InChI=1S/C19H24F3N5O2.HI/c1-23-18(27-12-13-6-7-15(28-2)16(11-13)29-3)26-10-9-25-17-14(19(20,21)22)5-4-8-24-17;/h4-8,11H,9-10,12H2,1-3H3,(H,24,25)(H2,23,26,27);1H. The van der Waals surface area contributed by atoms with Crippen LogP contribution in [0.25, 0.3) is 0 Å². The second kappa shape index (κ2) is 12.3. The zero-order valence-corrected chi connectivity index (χ0v) is 19.2. The van der Waals surface area contributed by atoms with Crippen molar-refractivity contribution in [2.45, 2.75) is 12.7 Å². The summed E-state index contributed by atoms with van der Waals surface area (Å²) in [6.45, 7) is 1.06. The third-order valence-corrected chi connectivity index (χ3v) is 3.95. The van der Waals surface area contributed by atoms with Gasteiger partial charge in [-0.15, -0.1) is 24.0 Å². The molecule has 0 bridgehead atoms. The van der Waals surface area contributed by atoms with Crippen molar-refractivity contribution in [1.29, 1.82) is 0 Å². The molecule has 0 radical (unpaired) electrons. The Morgan fingerprint density at radius 3 is 2.43 bits per heavy atom. The molecule has 3 N–H and O–H groups in total. The first kappa shape index (κ1) is 25.6. The fourth-order valence-electron chi connectivity index (χ4n) is 2.53. The van der Waals surface area contributed by atoms with Crippen LogP contribution in [0.2, 0.25) is 0 Å². The van der Waals surface area contributed by atoms with Crippen molar-refractivity contribution in [3.05, 3.63) is 47.7 Å². The molecule has 0 atom stereocenters. The van der Waals surface area contributed by atoms with Crippen LogP contribution in [0, 0.1) is 0 Å². The van der Waals surface area contributed by atoms with Gasteiger partial charge in [0.05, 0.1) is 19.8 Å². The van der Waals surface area contributed by atoms with Gasteiger partial charge in [0, 0.05) is 32.9 Å². The number of hydrogen-bond donors (Lipinski definition) is 3. The van der Waals surface area contributed by atoms with E-state index in [4.69, 9.17) is 9.47 Å². The highest BCUT2D eigenvalue weighted by Gasteiger charge is 2.33. The van der Waals surface area contributed by atoms with Crippen molar-refractivity contribution >= 4 is 35.8 Å². The Balaban J connectivity index is 0.00000450. The SMILES string of the molecule is CN=C(NCCNc1ncccc1C(F)(F)F)NCc1ccc(OC)c(OC)c1.I. The summed E-state index contributed by atoms with van der Waals surface area (Å²) in [4.78, 5) is 7.86. The number of guanidine groups is 1. The van der Waals surface area contributed by atoms with E-state index in [9.17, 15) is 13.2 Å². The number of alkyl halides is 3. The maximum atomic E-state index is 13.0. The maximum absolute atomic E-state index is 13.0. The van der Waals surface area contributed by atoms with Gasteiger partial charge in [-0.05, 0) is 29.8 Å². The fraction of sp³-hybridized carbons (Fsp3) is 0.368. The molecule has 1 aromatic carbocycles. The summed E-state index contributed by atoms with van der Waals surface area (Å²) in [5, 5.41) is 8.85. The molecule has 166 valence electrons. The van der Waals surface area contributed by atoms with Crippen LogP contribution in [0.5, 0.6) is 11.5 Å². The van der Waals surface area contributed by atoms with Gasteiger partial charge in [0.2, 0.25) is 0 Å². The molecule has 1 heterocycles. The molecule has 30 heavy (non-hydrogen) atoms. The molecule has 7 nitrogen and oxygen atoms in total. The predicted octanol–water partition coefficient (Wildman–Crippen LogP) is 3.51. The van der Waals surface area contributed by atoms with Crippen LogP contribution in [0.15, 0.2) is 41.5 Å². The summed E-state index contributed by atoms with van der Waals surface area (Å²) in [7, 11) is 4.74. The van der Waals surface area contributed by atoms with Crippen LogP contribution in [0.4, 0.5) is 19.0 Å². The Morgan fingerprint density at radius 2 is 1.80 bits per heavy atom. The number of nitrogens with one attached hydrogen (secondary N) is 3. The second-order valence-electron chi connectivity index (χ2n) is 5.87. The number of hydrogen-bond acceptors (Lipinski definition) is 5. The summed E-state index contributed by atoms with van der Waals surface area (Å²) in [5.41, 5.74) is 0.156. The van der Waals surface area contributed by atoms with E-state index in [2.05, 4.69) is 25.9 Å². The number of halogens is 4. The monoisotopic (exact) mass is 539 g/mol. The van der Waals surface area contributed by atoms with Gasteiger partial charge < -0.3 is 25.4 Å². The average Bonchev–Trinajstić information content (AvgIpc) is 2.72. The number of aliphatic imine (C=N–C) groups is 1. The molecular weight excluding hydrogens is 514 g/mol. The number of ether oxygens (including phenoxy) is 2. The number of methoxy groups -OCH3 is 2. The van der Waals surface area contributed by atoms with Crippen molar-refractivity contribution < 1.29 is 22.6 Å². The topological polar surface area (TPSA) is 79.8 Å². The highest BCUT2D eigenvalue weighted by Crippen LogP contribution is 2.33. The van der Waals surface area contributed by atoms with Crippen molar-refractivity contribution in [2.24, 2.45) is 4.99 Å². The molecule has 0 saturated carbocycles. The second-order valence-corrected chi connectivity index (χ2v) is 5.87. The molecule has 2 rings (SSSR count). The molecule has 0 spiro atoms. The maximum Gasteiger partial charge on any atom is 0.419 e. The van der Waals surface area contributed by atoms with Crippen LogP contribution < -0.4 is 25.4 Å². The Morgan fingerprint density at radius 1 is 1.07 bits per heavy atom. The number of nitrogens with zero attached hydrogens (tertiary/aromatic N) is 2. The lowest BCUT2D eigenvalue weighted by molar-refractivity contribution is -0.137. The normalized spacial score (nSPS) is 11.3. The predicted molar refractivity (Wildman–Crippen MR) is 121 cm³/mol. The highest BCUT2D eigenvalue weighted by molar-refractivity contribution is 14.0. The van der Waals surface area contributed by atoms with Crippen LogP contribution in [0.3, 0.4) is 0 Å². The lowest BCUT2D eigenvalue weighted by Crippen LogP contribution is -2.39. The first-order chi connectivity index (χ1) is 13.9. The summed E-state index contributed by atoms with van der Waals surface area (Å²) in [5.74, 6) is 1.57. The fourth-order valence-corrected chi connectivity index (χ4v) is 2.53. The van der Waals surface area contributed by atoms with E-state index in [0.717, 1.165) is 11.6 Å². The highest BCUT2D eigenvalue weighted by atomic mass is 127. The minimum atomic E-state index is -4.46. The summed E-state index contributed by atoms with van der Waals surface area (Å²) in [6, 6.07) is 7.79. The largest absolute Gasteiger partial charge is 0.493 e. The van der Waals surface area contributed by atoms with Crippen LogP contribution in [-0.2, 0) is 12.7 Å². The number of pyridine rings is 1. The number of aromatic nitrogens is 1. The zero-order valence-electron chi connectivity index (χ0n) is 16.8. The molecule has 0 fully saturated rings. The van der Waals surface area contributed by atoms with E-state index >= 15 is 0 Å². The molecule has 0 aliphatic carbocycles.